The summed E-state index contributed by atoms with van der Waals surface area (Å²) in [6.07, 6.45) is -4.60. The number of alkyl halides is 3. The van der Waals surface area contributed by atoms with Crippen molar-refractivity contribution in [1.82, 2.24) is 16.0 Å². The number of hydrogen-bond donors (Lipinski definition) is 3. The van der Waals surface area contributed by atoms with Crippen molar-refractivity contribution in [2.75, 3.05) is 20.2 Å². The largest absolute Gasteiger partial charge is 0.467 e. The Morgan fingerprint density at radius 1 is 1.09 bits per heavy atom. The van der Waals surface area contributed by atoms with Gasteiger partial charge in [-0.25, -0.2) is 4.79 Å². The van der Waals surface area contributed by atoms with Gasteiger partial charge in [-0.15, -0.1) is 0 Å². The summed E-state index contributed by atoms with van der Waals surface area (Å²) in [4.78, 5) is 36.2. The second-order valence-electron chi connectivity index (χ2n) is 6.66. The molecule has 3 N–H and O–H groups in total. The molecule has 0 bridgehead atoms. The van der Waals surface area contributed by atoms with Crippen molar-refractivity contribution in [3.8, 4) is 0 Å². The predicted molar refractivity (Wildman–Crippen MR) is 111 cm³/mol. The van der Waals surface area contributed by atoms with Crippen molar-refractivity contribution in [2.45, 2.75) is 18.8 Å². The lowest BCUT2D eigenvalue weighted by Gasteiger charge is -2.17. The third-order valence-corrected chi connectivity index (χ3v) is 4.53. The van der Waals surface area contributed by atoms with Crippen molar-refractivity contribution >= 4 is 29.4 Å². The minimum atomic E-state index is -4.60. The van der Waals surface area contributed by atoms with E-state index in [-0.39, 0.29) is 12.1 Å². The molecule has 0 radical (unpaired) electrons. The smallest absolute Gasteiger partial charge is 0.416 e. The monoisotopic (exact) mass is 471 g/mol. The molecule has 2 aromatic rings. The molecule has 2 amide bonds. The van der Waals surface area contributed by atoms with E-state index in [1.807, 2.05) is 0 Å². The Balaban J connectivity index is 1.87. The van der Waals surface area contributed by atoms with E-state index in [9.17, 15) is 27.6 Å². The summed E-state index contributed by atoms with van der Waals surface area (Å²) in [6.45, 7) is -0.102. The molecule has 32 heavy (non-hydrogen) atoms. The first-order valence-electron chi connectivity index (χ1n) is 9.38. The highest BCUT2D eigenvalue weighted by Gasteiger charge is 2.31. The van der Waals surface area contributed by atoms with Crippen LogP contribution in [0.25, 0.3) is 0 Å². The van der Waals surface area contributed by atoms with E-state index in [1.54, 1.807) is 24.3 Å². The molecule has 7 nitrogen and oxygen atoms in total. The van der Waals surface area contributed by atoms with Crippen molar-refractivity contribution in [1.29, 1.82) is 0 Å². The molecule has 2 aromatic carbocycles. The maximum absolute atomic E-state index is 12.8. The van der Waals surface area contributed by atoms with Crippen LogP contribution in [-0.4, -0.2) is 44.0 Å². The Bertz CT molecular complexity index is 952. The van der Waals surface area contributed by atoms with Crippen LogP contribution in [0.3, 0.4) is 0 Å². The number of benzene rings is 2. The Morgan fingerprint density at radius 2 is 1.78 bits per heavy atom. The zero-order chi connectivity index (χ0) is 23.7. The normalized spacial score (nSPS) is 12.0. The van der Waals surface area contributed by atoms with E-state index in [4.69, 9.17) is 11.6 Å². The topological polar surface area (TPSA) is 96.5 Å². The Hall–Kier alpha value is -3.11. The summed E-state index contributed by atoms with van der Waals surface area (Å²) < 4.78 is 43.0. The molecule has 0 unspecified atom stereocenters. The van der Waals surface area contributed by atoms with Gasteiger partial charge in [0.2, 0.25) is 5.91 Å². The molecule has 0 heterocycles. The van der Waals surface area contributed by atoms with Crippen molar-refractivity contribution in [3.05, 3.63) is 70.2 Å². The number of hydrogen-bond acceptors (Lipinski definition) is 5. The number of esters is 1. The van der Waals surface area contributed by atoms with E-state index in [0.29, 0.717) is 17.6 Å². The van der Waals surface area contributed by atoms with Crippen molar-refractivity contribution in [2.24, 2.45) is 0 Å². The van der Waals surface area contributed by atoms with Crippen LogP contribution in [0.5, 0.6) is 0 Å². The third-order valence-electron chi connectivity index (χ3n) is 4.27. The highest BCUT2D eigenvalue weighted by molar-refractivity contribution is 6.30. The molecule has 11 heteroatoms. The summed E-state index contributed by atoms with van der Waals surface area (Å²) in [5, 5.41) is 8.22. The Morgan fingerprint density at radius 3 is 2.41 bits per heavy atom. The van der Waals surface area contributed by atoms with Gasteiger partial charge in [-0.1, -0.05) is 29.8 Å². The molecule has 0 saturated carbocycles. The minimum Gasteiger partial charge on any atom is -0.467 e. The number of rotatable bonds is 9. The van der Waals surface area contributed by atoms with E-state index in [1.165, 1.54) is 6.07 Å². The number of carbonyl (C=O) groups is 3. The van der Waals surface area contributed by atoms with Crippen LogP contribution in [0.4, 0.5) is 13.2 Å². The van der Waals surface area contributed by atoms with Gasteiger partial charge >= 0.3 is 12.1 Å². The van der Waals surface area contributed by atoms with Crippen LogP contribution >= 0.6 is 11.6 Å². The fourth-order valence-electron chi connectivity index (χ4n) is 2.64. The van der Waals surface area contributed by atoms with Gasteiger partial charge in [0.1, 0.15) is 6.04 Å². The van der Waals surface area contributed by atoms with Crippen molar-refractivity contribution in [3.63, 3.8) is 0 Å². The van der Waals surface area contributed by atoms with Crippen LogP contribution in [0.1, 0.15) is 21.5 Å². The summed E-state index contributed by atoms with van der Waals surface area (Å²) in [5.74, 6) is -2.28. The second-order valence-corrected chi connectivity index (χ2v) is 7.10. The lowest BCUT2D eigenvalue weighted by Crippen LogP contribution is -2.50. The van der Waals surface area contributed by atoms with Gasteiger partial charge < -0.3 is 20.7 Å². The molecule has 1 atom stereocenters. The van der Waals surface area contributed by atoms with E-state index < -0.39 is 42.1 Å². The average molecular weight is 472 g/mol. The van der Waals surface area contributed by atoms with Gasteiger partial charge in [-0.2, -0.15) is 13.2 Å². The molecule has 0 spiro atoms. The number of methoxy groups -OCH3 is 1. The van der Waals surface area contributed by atoms with Crippen molar-refractivity contribution < 1.29 is 32.3 Å². The number of ether oxygens (including phenoxy) is 1. The minimum absolute atomic E-state index is 0.0443. The van der Waals surface area contributed by atoms with Crippen LogP contribution < -0.4 is 16.0 Å². The average Bonchev–Trinajstić information content (AvgIpc) is 2.77. The first-order chi connectivity index (χ1) is 15.1. The Labute approximate surface area is 187 Å². The summed E-state index contributed by atoms with van der Waals surface area (Å²) in [7, 11) is 1.16. The van der Waals surface area contributed by atoms with Gasteiger partial charge in [0.05, 0.1) is 19.2 Å². The second kappa shape index (κ2) is 11.5. The molecule has 0 aliphatic heterocycles. The molecular weight excluding hydrogens is 451 g/mol. The van der Waals surface area contributed by atoms with Gasteiger partial charge in [0, 0.05) is 23.7 Å². The van der Waals surface area contributed by atoms with Gasteiger partial charge in [-0.3, -0.25) is 9.59 Å². The van der Waals surface area contributed by atoms with Gasteiger partial charge in [0.25, 0.3) is 5.91 Å². The lowest BCUT2D eigenvalue weighted by molar-refractivity contribution is -0.144. The Kier molecular flexibility index (Phi) is 9.03. The number of carbonyl (C=O) groups excluding carboxylic acids is 3. The van der Waals surface area contributed by atoms with Crippen LogP contribution in [0.2, 0.25) is 5.02 Å². The maximum atomic E-state index is 12.8. The third kappa shape index (κ3) is 7.86. The zero-order valence-electron chi connectivity index (χ0n) is 17.0. The number of halogens is 4. The van der Waals surface area contributed by atoms with Crippen LogP contribution in [0.15, 0.2) is 48.5 Å². The molecular formula is C21H21ClF3N3O4. The molecule has 0 aromatic heterocycles. The number of amides is 2. The first-order valence-corrected chi connectivity index (χ1v) is 9.75. The van der Waals surface area contributed by atoms with Crippen LogP contribution in [0, 0.1) is 0 Å². The first kappa shape index (κ1) is 25.2. The molecule has 0 fully saturated rings. The van der Waals surface area contributed by atoms with E-state index in [0.717, 1.165) is 24.8 Å². The SMILES string of the molecule is COC(=O)[C@H](CNCc1ccc(Cl)cc1)NC(=O)CNC(=O)c1cccc(C(F)(F)F)c1. The van der Waals surface area contributed by atoms with E-state index >= 15 is 0 Å². The summed E-state index contributed by atoms with van der Waals surface area (Å²) in [5.41, 5.74) is -0.327. The molecule has 0 aliphatic rings. The lowest BCUT2D eigenvalue weighted by atomic mass is 10.1. The maximum Gasteiger partial charge on any atom is 0.416 e. The molecule has 0 aliphatic carbocycles. The van der Waals surface area contributed by atoms with Gasteiger partial charge in [0.15, 0.2) is 0 Å². The quantitative estimate of drug-likeness (QED) is 0.488. The molecule has 2 rings (SSSR count). The van der Waals surface area contributed by atoms with Crippen LogP contribution in [-0.2, 0) is 27.0 Å². The summed E-state index contributed by atoms with van der Waals surface area (Å²) >= 11 is 5.82. The highest BCUT2D eigenvalue weighted by atomic mass is 35.5. The summed E-state index contributed by atoms with van der Waals surface area (Å²) in [6, 6.07) is 9.79. The standard InChI is InChI=1S/C21H21ClF3N3O4/c1-32-20(31)17(11-26-10-13-5-7-16(22)8-6-13)28-18(29)12-27-19(30)14-3-2-4-15(9-14)21(23,24)25/h2-9,17,26H,10-12H2,1H3,(H,27,30)(H,28,29)/t17-/m0/s1. The number of nitrogens with one attached hydrogen (secondary N) is 3. The molecule has 172 valence electrons. The molecule has 0 saturated heterocycles. The van der Waals surface area contributed by atoms with Gasteiger partial charge in [-0.05, 0) is 35.9 Å². The fourth-order valence-corrected chi connectivity index (χ4v) is 2.77. The van der Waals surface area contributed by atoms with E-state index in [2.05, 4.69) is 20.7 Å². The predicted octanol–water partition coefficient (Wildman–Crippen LogP) is 2.54. The highest BCUT2D eigenvalue weighted by Crippen LogP contribution is 2.29. The fraction of sp³-hybridized carbons (Fsp3) is 0.286. The zero-order valence-corrected chi connectivity index (χ0v) is 17.7.